The first kappa shape index (κ1) is 15.3. The van der Waals surface area contributed by atoms with Crippen molar-refractivity contribution in [3.8, 4) is 5.88 Å². The van der Waals surface area contributed by atoms with Gasteiger partial charge in [0.1, 0.15) is 6.10 Å². The van der Waals surface area contributed by atoms with Crippen molar-refractivity contribution in [3.63, 3.8) is 0 Å². The molecular weight excluding hydrogens is 290 g/mol. The van der Waals surface area contributed by atoms with Crippen LogP contribution in [0.15, 0.2) is 42.6 Å². The number of nitrogens with one attached hydrogen (secondary N) is 1. The molecule has 2 aromatic rings. The lowest BCUT2D eigenvalue weighted by molar-refractivity contribution is 0.0950. The van der Waals surface area contributed by atoms with Crippen LogP contribution >= 0.6 is 0 Å². The number of carbonyl (C=O) groups excluding carboxylic acids is 1. The van der Waals surface area contributed by atoms with E-state index < -0.39 is 0 Å². The number of nitrogen functional groups attached to an aromatic ring is 1. The van der Waals surface area contributed by atoms with Crippen molar-refractivity contribution in [1.82, 2.24) is 10.3 Å². The largest absolute Gasteiger partial charge is 0.474 e. The van der Waals surface area contributed by atoms with Crippen molar-refractivity contribution >= 4 is 11.6 Å². The van der Waals surface area contributed by atoms with Gasteiger partial charge in [0.05, 0.1) is 0 Å². The molecule has 5 heteroatoms. The average Bonchev–Trinajstić information content (AvgIpc) is 3.07. The SMILES string of the molecule is Nc1ccc(C(=O)NCc2ccnc(OC3CCCC3)c2)cc1. The number of pyridine rings is 1. The summed E-state index contributed by atoms with van der Waals surface area (Å²) < 4.78 is 5.88. The summed E-state index contributed by atoms with van der Waals surface area (Å²) in [5, 5.41) is 2.89. The van der Waals surface area contributed by atoms with Crippen molar-refractivity contribution in [3.05, 3.63) is 53.7 Å². The Morgan fingerprint density at radius 3 is 2.70 bits per heavy atom. The summed E-state index contributed by atoms with van der Waals surface area (Å²) in [6.07, 6.45) is 6.64. The van der Waals surface area contributed by atoms with E-state index in [-0.39, 0.29) is 12.0 Å². The van der Waals surface area contributed by atoms with Gasteiger partial charge in [-0.3, -0.25) is 4.79 Å². The van der Waals surface area contributed by atoms with Crippen LogP contribution in [0.3, 0.4) is 0 Å². The fraction of sp³-hybridized carbons (Fsp3) is 0.333. The number of ether oxygens (including phenoxy) is 1. The third-order valence-corrected chi connectivity index (χ3v) is 4.01. The lowest BCUT2D eigenvalue weighted by Crippen LogP contribution is -2.22. The molecule has 23 heavy (non-hydrogen) atoms. The number of hydrogen-bond acceptors (Lipinski definition) is 4. The molecule has 0 aliphatic heterocycles. The first-order valence-electron chi connectivity index (χ1n) is 7.96. The molecule has 0 bridgehead atoms. The van der Waals surface area contributed by atoms with E-state index in [4.69, 9.17) is 10.5 Å². The van der Waals surface area contributed by atoms with Gasteiger partial charge in [-0.05, 0) is 61.6 Å². The third-order valence-electron chi connectivity index (χ3n) is 4.01. The van der Waals surface area contributed by atoms with E-state index in [1.165, 1.54) is 12.8 Å². The van der Waals surface area contributed by atoms with Crippen LogP contribution in [0.25, 0.3) is 0 Å². The number of rotatable bonds is 5. The third kappa shape index (κ3) is 4.22. The molecule has 1 aliphatic rings. The highest BCUT2D eigenvalue weighted by atomic mass is 16.5. The predicted molar refractivity (Wildman–Crippen MR) is 89.1 cm³/mol. The van der Waals surface area contributed by atoms with E-state index in [0.29, 0.717) is 23.7 Å². The number of nitrogens with two attached hydrogens (primary N) is 1. The van der Waals surface area contributed by atoms with Crippen molar-refractivity contribution in [2.45, 2.75) is 38.3 Å². The minimum atomic E-state index is -0.125. The van der Waals surface area contributed by atoms with Gasteiger partial charge in [0.25, 0.3) is 5.91 Å². The summed E-state index contributed by atoms with van der Waals surface area (Å²) in [6, 6.07) is 10.6. The molecule has 5 nitrogen and oxygen atoms in total. The minimum absolute atomic E-state index is 0.125. The Morgan fingerprint density at radius 2 is 1.96 bits per heavy atom. The standard InChI is InChI=1S/C18H21N3O2/c19-15-7-5-14(6-8-15)18(22)21-12-13-9-10-20-17(11-13)23-16-3-1-2-4-16/h5-11,16H,1-4,12,19H2,(H,21,22). The Hall–Kier alpha value is -2.56. The van der Waals surface area contributed by atoms with Gasteiger partial charge < -0.3 is 15.8 Å². The number of hydrogen-bond donors (Lipinski definition) is 2. The molecule has 0 unspecified atom stereocenters. The molecule has 1 amide bonds. The van der Waals surface area contributed by atoms with Gasteiger partial charge in [-0.25, -0.2) is 4.98 Å². The Bertz CT molecular complexity index is 664. The maximum Gasteiger partial charge on any atom is 0.251 e. The van der Waals surface area contributed by atoms with Crippen molar-refractivity contribution in [1.29, 1.82) is 0 Å². The Morgan fingerprint density at radius 1 is 1.22 bits per heavy atom. The molecule has 1 aromatic heterocycles. The zero-order chi connectivity index (χ0) is 16.1. The maximum absolute atomic E-state index is 12.1. The molecule has 3 N–H and O–H groups in total. The monoisotopic (exact) mass is 311 g/mol. The summed E-state index contributed by atoms with van der Waals surface area (Å²) >= 11 is 0. The normalized spacial score (nSPS) is 14.6. The number of carbonyl (C=O) groups is 1. The lowest BCUT2D eigenvalue weighted by atomic mass is 10.2. The number of benzene rings is 1. The number of aromatic nitrogens is 1. The van der Waals surface area contributed by atoms with E-state index >= 15 is 0 Å². The Kier molecular flexibility index (Phi) is 4.76. The second-order valence-corrected chi connectivity index (χ2v) is 5.83. The van der Waals surface area contributed by atoms with Crippen LogP contribution in [-0.4, -0.2) is 17.0 Å². The van der Waals surface area contributed by atoms with Crippen LogP contribution in [0.4, 0.5) is 5.69 Å². The minimum Gasteiger partial charge on any atom is -0.474 e. The first-order valence-corrected chi connectivity index (χ1v) is 7.96. The summed E-state index contributed by atoms with van der Waals surface area (Å²) in [7, 11) is 0. The van der Waals surface area contributed by atoms with E-state index in [1.807, 2.05) is 12.1 Å². The van der Waals surface area contributed by atoms with Crippen LogP contribution in [0.1, 0.15) is 41.6 Å². The smallest absolute Gasteiger partial charge is 0.251 e. The van der Waals surface area contributed by atoms with Gasteiger partial charge in [-0.15, -0.1) is 0 Å². The zero-order valence-electron chi connectivity index (χ0n) is 13.0. The fourth-order valence-corrected chi connectivity index (χ4v) is 2.72. The Labute approximate surface area is 135 Å². The van der Waals surface area contributed by atoms with E-state index in [9.17, 15) is 4.79 Å². The van der Waals surface area contributed by atoms with Crippen molar-refractivity contribution in [2.24, 2.45) is 0 Å². The van der Waals surface area contributed by atoms with Gasteiger partial charge in [-0.2, -0.15) is 0 Å². The molecule has 3 rings (SSSR count). The zero-order valence-corrected chi connectivity index (χ0v) is 13.0. The summed E-state index contributed by atoms with van der Waals surface area (Å²) in [6.45, 7) is 0.437. The topological polar surface area (TPSA) is 77.2 Å². The number of amides is 1. The molecule has 0 saturated heterocycles. The summed E-state index contributed by atoms with van der Waals surface area (Å²) in [4.78, 5) is 16.3. The molecule has 1 heterocycles. The quantitative estimate of drug-likeness (QED) is 0.832. The molecule has 120 valence electrons. The summed E-state index contributed by atoms with van der Waals surface area (Å²) in [5.74, 6) is 0.510. The highest BCUT2D eigenvalue weighted by Crippen LogP contribution is 2.23. The molecule has 1 saturated carbocycles. The van der Waals surface area contributed by atoms with Gasteiger partial charge in [0.15, 0.2) is 0 Å². The second kappa shape index (κ2) is 7.13. The molecule has 1 aliphatic carbocycles. The van der Waals surface area contributed by atoms with Crippen LogP contribution < -0.4 is 15.8 Å². The number of anilines is 1. The second-order valence-electron chi connectivity index (χ2n) is 5.83. The highest BCUT2D eigenvalue weighted by molar-refractivity contribution is 5.94. The number of nitrogens with zero attached hydrogens (tertiary/aromatic N) is 1. The van der Waals surface area contributed by atoms with E-state index in [2.05, 4.69) is 10.3 Å². The van der Waals surface area contributed by atoms with Crippen LogP contribution in [-0.2, 0) is 6.54 Å². The summed E-state index contributed by atoms with van der Waals surface area (Å²) in [5.41, 5.74) is 7.83. The van der Waals surface area contributed by atoms with Gasteiger partial charge >= 0.3 is 0 Å². The van der Waals surface area contributed by atoms with Crippen molar-refractivity contribution < 1.29 is 9.53 Å². The molecular formula is C18H21N3O2. The molecule has 0 atom stereocenters. The fourth-order valence-electron chi connectivity index (χ4n) is 2.72. The van der Waals surface area contributed by atoms with E-state index in [0.717, 1.165) is 18.4 Å². The van der Waals surface area contributed by atoms with Gasteiger partial charge in [0.2, 0.25) is 5.88 Å². The van der Waals surface area contributed by atoms with Crippen molar-refractivity contribution in [2.75, 3.05) is 5.73 Å². The van der Waals surface area contributed by atoms with Crippen LogP contribution in [0.2, 0.25) is 0 Å². The average molecular weight is 311 g/mol. The first-order chi connectivity index (χ1) is 11.2. The molecule has 0 radical (unpaired) electrons. The van der Waals surface area contributed by atoms with Crippen LogP contribution in [0, 0.1) is 0 Å². The van der Waals surface area contributed by atoms with Gasteiger partial charge in [0, 0.05) is 30.1 Å². The maximum atomic E-state index is 12.1. The highest BCUT2D eigenvalue weighted by Gasteiger charge is 2.17. The predicted octanol–water partition coefficient (Wildman–Crippen LogP) is 2.92. The van der Waals surface area contributed by atoms with Gasteiger partial charge in [-0.1, -0.05) is 0 Å². The van der Waals surface area contributed by atoms with Crippen LogP contribution in [0.5, 0.6) is 5.88 Å². The molecule has 1 fully saturated rings. The lowest BCUT2D eigenvalue weighted by Gasteiger charge is -2.13. The molecule has 1 aromatic carbocycles. The van der Waals surface area contributed by atoms with E-state index in [1.54, 1.807) is 30.5 Å². The molecule has 0 spiro atoms. The Balaban J connectivity index is 1.57.